The van der Waals surface area contributed by atoms with Gasteiger partial charge < -0.3 is 0 Å². The largest absolute Gasteiger partial charge is 0.0616 e. The Hall–Kier alpha value is -4.68. The molecule has 0 heterocycles. The second-order valence-electron chi connectivity index (χ2n) is 9.82. The summed E-state index contributed by atoms with van der Waals surface area (Å²) >= 11 is 0. The van der Waals surface area contributed by atoms with E-state index in [1.54, 1.807) is 0 Å². The fourth-order valence-corrected chi connectivity index (χ4v) is 5.98. The maximum absolute atomic E-state index is 2.39. The van der Waals surface area contributed by atoms with Crippen LogP contribution in [0.2, 0.25) is 0 Å². The van der Waals surface area contributed by atoms with Crippen molar-refractivity contribution in [3.05, 3.63) is 133 Å². The lowest BCUT2D eigenvalue weighted by Gasteiger charge is -2.14. The molecule has 8 aromatic rings. The molecule has 8 aromatic carbocycles. The van der Waals surface area contributed by atoms with Gasteiger partial charge in [-0.15, -0.1) is 0 Å². The lowest BCUT2D eigenvalue weighted by Crippen LogP contribution is -1.87. The van der Waals surface area contributed by atoms with Gasteiger partial charge in [0.1, 0.15) is 0 Å². The molecule has 0 spiro atoms. The van der Waals surface area contributed by atoms with E-state index in [4.69, 9.17) is 0 Å². The average molecular weight is 455 g/mol. The summed E-state index contributed by atoms with van der Waals surface area (Å²) in [5, 5.41) is 15.5. The van der Waals surface area contributed by atoms with Gasteiger partial charge in [-0.25, -0.2) is 0 Å². The normalized spacial score (nSPS) is 11.9. The molecule has 0 N–H and O–H groups in total. The standard InChI is InChI=1S/C36H22/c1-2-9-24-17-28-20-30-22-35-25(18-29(30)19-27(28)16-23(24)8-1)11-7-15-34(35)36-21-26-10-3-4-12-31(26)32-13-5-6-14-33(32)36/h1-22H. The van der Waals surface area contributed by atoms with Crippen molar-refractivity contribution in [3.63, 3.8) is 0 Å². The van der Waals surface area contributed by atoms with Crippen LogP contribution in [0.5, 0.6) is 0 Å². The zero-order chi connectivity index (χ0) is 23.6. The van der Waals surface area contributed by atoms with Crippen molar-refractivity contribution in [2.45, 2.75) is 0 Å². The summed E-state index contributed by atoms with van der Waals surface area (Å²) in [7, 11) is 0. The molecule has 0 aromatic heterocycles. The van der Waals surface area contributed by atoms with Gasteiger partial charge >= 0.3 is 0 Å². The first-order valence-corrected chi connectivity index (χ1v) is 12.5. The Bertz CT molecular complexity index is 2150. The van der Waals surface area contributed by atoms with Crippen molar-refractivity contribution in [3.8, 4) is 11.1 Å². The predicted molar refractivity (Wildman–Crippen MR) is 157 cm³/mol. The topological polar surface area (TPSA) is 0 Å². The monoisotopic (exact) mass is 454 g/mol. The van der Waals surface area contributed by atoms with Gasteiger partial charge in [0.2, 0.25) is 0 Å². The molecule has 0 aliphatic heterocycles. The summed E-state index contributed by atoms with van der Waals surface area (Å²) in [6, 6.07) is 49.3. The molecular weight excluding hydrogens is 432 g/mol. The highest BCUT2D eigenvalue weighted by molar-refractivity contribution is 6.17. The molecule has 36 heavy (non-hydrogen) atoms. The zero-order valence-electron chi connectivity index (χ0n) is 19.7. The molecule has 8 rings (SSSR count). The van der Waals surface area contributed by atoms with Crippen molar-refractivity contribution in [2.24, 2.45) is 0 Å². The fraction of sp³-hybridized carbons (Fsp3) is 0. The highest BCUT2D eigenvalue weighted by Crippen LogP contribution is 2.39. The lowest BCUT2D eigenvalue weighted by molar-refractivity contribution is 1.71. The number of benzene rings is 8. The number of hydrogen-bond acceptors (Lipinski definition) is 0. The Morgan fingerprint density at radius 3 is 1.42 bits per heavy atom. The second kappa shape index (κ2) is 7.41. The highest BCUT2D eigenvalue weighted by Gasteiger charge is 2.12. The summed E-state index contributed by atoms with van der Waals surface area (Å²) in [5.74, 6) is 0. The quantitative estimate of drug-likeness (QED) is 0.171. The van der Waals surface area contributed by atoms with Gasteiger partial charge in [0.15, 0.2) is 0 Å². The average Bonchev–Trinajstić information content (AvgIpc) is 2.93. The Morgan fingerprint density at radius 2 is 0.694 bits per heavy atom. The van der Waals surface area contributed by atoms with Crippen LogP contribution in [0.4, 0.5) is 0 Å². The van der Waals surface area contributed by atoms with E-state index in [1.807, 2.05) is 0 Å². The molecule has 0 fully saturated rings. The van der Waals surface area contributed by atoms with Crippen LogP contribution in [-0.2, 0) is 0 Å². The van der Waals surface area contributed by atoms with Gasteiger partial charge in [-0.1, -0.05) is 91.0 Å². The maximum atomic E-state index is 2.39. The van der Waals surface area contributed by atoms with Gasteiger partial charge in [0.05, 0.1) is 0 Å². The minimum atomic E-state index is 1.28. The van der Waals surface area contributed by atoms with Crippen LogP contribution in [0.1, 0.15) is 0 Å². The van der Waals surface area contributed by atoms with Crippen LogP contribution in [0.15, 0.2) is 133 Å². The number of hydrogen-bond donors (Lipinski definition) is 0. The molecule has 0 aliphatic rings. The maximum Gasteiger partial charge on any atom is -0.00928 e. The molecule has 0 saturated carbocycles. The van der Waals surface area contributed by atoms with Gasteiger partial charge in [-0.3, -0.25) is 0 Å². The summed E-state index contributed by atoms with van der Waals surface area (Å²) in [4.78, 5) is 0. The Kier molecular flexibility index (Phi) is 4.03. The molecule has 0 heteroatoms. The molecular formula is C36H22. The minimum Gasteiger partial charge on any atom is -0.0616 e. The predicted octanol–water partition coefficient (Wildman–Crippen LogP) is 10.3. The molecule has 0 amide bonds. The molecule has 0 bridgehead atoms. The van der Waals surface area contributed by atoms with E-state index in [-0.39, 0.29) is 0 Å². The third kappa shape index (κ3) is 2.88. The summed E-state index contributed by atoms with van der Waals surface area (Å²) in [5.41, 5.74) is 2.58. The first-order valence-electron chi connectivity index (χ1n) is 12.5. The van der Waals surface area contributed by atoms with Crippen molar-refractivity contribution >= 4 is 64.6 Å². The van der Waals surface area contributed by atoms with Crippen LogP contribution in [0.25, 0.3) is 75.8 Å². The minimum absolute atomic E-state index is 1.28. The molecule has 166 valence electrons. The first kappa shape index (κ1) is 19.6. The molecule has 0 saturated heterocycles. The van der Waals surface area contributed by atoms with E-state index >= 15 is 0 Å². The summed E-state index contributed by atoms with van der Waals surface area (Å²) < 4.78 is 0. The van der Waals surface area contributed by atoms with Gasteiger partial charge in [-0.05, 0) is 118 Å². The van der Waals surface area contributed by atoms with Crippen LogP contribution in [0.3, 0.4) is 0 Å². The van der Waals surface area contributed by atoms with Gasteiger partial charge in [0, 0.05) is 0 Å². The van der Waals surface area contributed by atoms with E-state index in [0.29, 0.717) is 0 Å². The van der Waals surface area contributed by atoms with Crippen LogP contribution in [-0.4, -0.2) is 0 Å². The van der Waals surface area contributed by atoms with E-state index < -0.39 is 0 Å². The third-order valence-corrected chi connectivity index (χ3v) is 7.72. The van der Waals surface area contributed by atoms with Gasteiger partial charge in [0.25, 0.3) is 0 Å². The van der Waals surface area contributed by atoms with Crippen LogP contribution >= 0.6 is 0 Å². The van der Waals surface area contributed by atoms with E-state index in [9.17, 15) is 0 Å². The van der Waals surface area contributed by atoms with Crippen LogP contribution in [0, 0.1) is 0 Å². The third-order valence-electron chi connectivity index (χ3n) is 7.72. The molecule has 0 unspecified atom stereocenters. The van der Waals surface area contributed by atoms with Crippen molar-refractivity contribution < 1.29 is 0 Å². The zero-order valence-corrected chi connectivity index (χ0v) is 19.7. The Balaban J connectivity index is 1.45. The van der Waals surface area contributed by atoms with Crippen molar-refractivity contribution in [1.82, 2.24) is 0 Å². The summed E-state index contributed by atoms with van der Waals surface area (Å²) in [6.45, 7) is 0. The van der Waals surface area contributed by atoms with E-state index in [2.05, 4.69) is 133 Å². The summed E-state index contributed by atoms with van der Waals surface area (Å²) in [6.07, 6.45) is 0. The molecule has 0 aliphatic carbocycles. The SMILES string of the molecule is c1ccc2cc3cc4cc5c(-c6cc7ccccc7c7ccccc67)cccc5cc4cc3cc2c1. The first-order chi connectivity index (χ1) is 17.8. The molecule has 0 radical (unpaired) electrons. The number of rotatable bonds is 1. The molecule has 0 nitrogen and oxygen atoms in total. The Morgan fingerprint density at radius 1 is 0.222 bits per heavy atom. The molecule has 0 atom stereocenters. The van der Waals surface area contributed by atoms with E-state index in [0.717, 1.165) is 0 Å². The van der Waals surface area contributed by atoms with Crippen LogP contribution < -0.4 is 0 Å². The van der Waals surface area contributed by atoms with E-state index in [1.165, 1.54) is 75.8 Å². The second-order valence-corrected chi connectivity index (χ2v) is 9.82. The fourth-order valence-electron chi connectivity index (χ4n) is 5.98. The van der Waals surface area contributed by atoms with Crippen molar-refractivity contribution in [1.29, 1.82) is 0 Å². The van der Waals surface area contributed by atoms with Gasteiger partial charge in [-0.2, -0.15) is 0 Å². The lowest BCUT2D eigenvalue weighted by atomic mass is 9.89. The Labute approximate surface area is 209 Å². The number of fused-ring (bicyclic) bond motifs is 7. The smallest absolute Gasteiger partial charge is 0.00928 e. The van der Waals surface area contributed by atoms with Crippen molar-refractivity contribution in [2.75, 3.05) is 0 Å². The highest BCUT2D eigenvalue weighted by atomic mass is 14.2.